The van der Waals surface area contributed by atoms with Crippen LogP contribution in [0, 0.1) is 0 Å². The molecule has 1 aliphatic rings. The van der Waals surface area contributed by atoms with Crippen LogP contribution < -0.4 is 10.6 Å². The SMILES string of the molecule is O=C(CNC(=O)c1ccc(Br)o1)NC1CCCc2ccccc21. The molecule has 23 heavy (non-hydrogen) atoms. The first kappa shape index (κ1) is 15.8. The molecule has 0 spiro atoms. The molecule has 1 atom stereocenters. The van der Waals surface area contributed by atoms with E-state index in [9.17, 15) is 9.59 Å². The molecule has 0 fully saturated rings. The minimum absolute atomic E-state index is 0.0158. The zero-order chi connectivity index (χ0) is 16.2. The van der Waals surface area contributed by atoms with E-state index in [-0.39, 0.29) is 24.3 Å². The molecule has 1 aromatic carbocycles. The van der Waals surface area contributed by atoms with Gasteiger partial charge in [0.25, 0.3) is 5.91 Å². The van der Waals surface area contributed by atoms with Gasteiger partial charge in [-0.3, -0.25) is 9.59 Å². The Morgan fingerprint density at radius 1 is 1.22 bits per heavy atom. The molecule has 0 saturated heterocycles. The number of amides is 2. The quantitative estimate of drug-likeness (QED) is 0.861. The van der Waals surface area contributed by atoms with E-state index >= 15 is 0 Å². The number of benzene rings is 1. The molecule has 5 nitrogen and oxygen atoms in total. The molecule has 1 aromatic heterocycles. The Hall–Kier alpha value is -2.08. The monoisotopic (exact) mass is 376 g/mol. The van der Waals surface area contributed by atoms with Crippen LogP contribution in [0.25, 0.3) is 0 Å². The van der Waals surface area contributed by atoms with Crippen LogP contribution in [0.1, 0.15) is 40.6 Å². The lowest BCUT2D eigenvalue weighted by molar-refractivity contribution is -0.121. The van der Waals surface area contributed by atoms with Gasteiger partial charge in [0.2, 0.25) is 5.91 Å². The second-order valence-corrected chi connectivity index (χ2v) is 6.28. The summed E-state index contributed by atoms with van der Waals surface area (Å²) in [6.07, 6.45) is 3.02. The van der Waals surface area contributed by atoms with Gasteiger partial charge in [0, 0.05) is 0 Å². The van der Waals surface area contributed by atoms with Gasteiger partial charge in [-0.25, -0.2) is 0 Å². The smallest absolute Gasteiger partial charge is 0.287 e. The molecule has 1 aliphatic carbocycles. The van der Waals surface area contributed by atoms with Crippen molar-refractivity contribution < 1.29 is 14.0 Å². The van der Waals surface area contributed by atoms with E-state index in [4.69, 9.17) is 4.42 Å². The summed E-state index contributed by atoms with van der Waals surface area (Å²) < 4.78 is 5.62. The van der Waals surface area contributed by atoms with Crippen molar-refractivity contribution in [1.82, 2.24) is 10.6 Å². The Labute approximate surface area is 142 Å². The van der Waals surface area contributed by atoms with Crippen molar-refractivity contribution in [3.63, 3.8) is 0 Å². The van der Waals surface area contributed by atoms with E-state index in [0.717, 1.165) is 19.3 Å². The van der Waals surface area contributed by atoms with Gasteiger partial charge < -0.3 is 15.1 Å². The highest BCUT2D eigenvalue weighted by atomic mass is 79.9. The van der Waals surface area contributed by atoms with Crippen molar-refractivity contribution in [1.29, 1.82) is 0 Å². The highest BCUT2D eigenvalue weighted by Gasteiger charge is 2.21. The minimum Gasteiger partial charge on any atom is -0.444 e. The molecule has 0 bridgehead atoms. The topological polar surface area (TPSA) is 71.3 Å². The number of nitrogens with one attached hydrogen (secondary N) is 2. The van der Waals surface area contributed by atoms with Crippen molar-refractivity contribution in [2.45, 2.75) is 25.3 Å². The Morgan fingerprint density at radius 3 is 2.83 bits per heavy atom. The van der Waals surface area contributed by atoms with E-state index in [1.54, 1.807) is 12.1 Å². The van der Waals surface area contributed by atoms with Crippen LogP contribution >= 0.6 is 15.9 Å². The Morgan fingerprint density at radius 2 is 2.04 bits per heavy atom. The predicted octanol–water partition coefficient (Wildman–Crippen LogP) is 2.97. The van der Waals surface area contributed by atoms with Gasteiger partial charge in [0.05, 0.1) is 12.6 Å². The lowest BCUT2D eigenvalue weighted by atomic mass is 9.88. The molecule has 3 rings (SSSR count). The number of fused-ring (bicyclic) bond motifs is 1. The summed E-state index contributed by atoms with van der Waals surface area (Å²) in [6, 6.07) is 11.4. The number of halogens is 1. The standard InChI is InChI=1S/C17H17BrN2O3/c18-15-9-8-14(23-15)17(22)19-10-16(21)20-13-7-3-5-11-4-1-2-6-12(11)13/h1-2,4,6,8-9,13H,3,5,7,10H2,(H,19,22)(H,20,21). The summed E-state index contributed by atoms with van der Waals surface area (Å²) >= 11 is 3.14. The fourth-order valence-electron chi connectivity index (χ4n) is 2.83. The molecule has 2 amide bonds. The normalized spacial score (nSPS) is 16.5. The number of furan rings is 1. The molecule has 0 saturated carbocycles. The second-order valence-electron chi connectivity index (χ2n) is 5.50. The van der Waals surface area contributed by atoms with Crippen LogP contribution in [0.3, 0.4) is 0 Å². The van der Waals surface area contributed by atoms with Crippen LogP contribution in [0.2, 0.25) is 0 Å². The first-order chi connectivity index (χ1) is 11.1. The number of carbonyl (C=O) groups is 2. The summed E-state index contributed by atoms with van der Waals surface area (Å²) in [5.41, 5.74) is 2.46. The van der Waals surface area contributed by atoms with Gasteiger partial charge in [-0.1, -0.05) is 24.3 Å². The summed E-state index contributed by atoms with van der Waals surface area (Å²) in [5.74, 6) is -0.437. The first-order valence-corrected chi connectivity index (χ1v) is 8.33. The van der Waals surface area contributed by atoms with E-state index in [0.29, 0.717) is 4.67 Å². The molecule has 6 heteroatoms. The predicted molar refractivity (Wildman–Crippen MR) is 89.0 cm³/mol. The molecular weight excluding hydrogens is 360 g/mol. The Bertz CT molecular complexity index is 726. The molecule has 120 valence electrons. The molecular formula is C17H17BrN2O3. The van der Waals surface area contributed by atoms with E-state index < -0.39 is 5.91 Å². The summed E-state index contributed by atoms with van der Waals surface area (Å²) in [4.78, 5) is 23.9. The molecule has 2 N–H and O–H groups in total. The van der Waals surface area contributed by atoms with Crippen LogP contribution in [0.5, 0.6) is 0 Å². The molecule has 2 aromatic rings. The van der Waals surface area contributed by atoms with Gasteiger partial charge >= 0.3 is 0 Å². The van der Waals surface area contributed by atoms with E-state index in [2.05, 4.69) is 38.7 Å². The average Bonchev–Trinajstić information content (AvgIpc) is 2.99. The zero-order valence-corrected chi connectivity index (χ0v) is 14.1. The Balaban J connectivity index is 1.55. The highest BCUT2D eigenvalue weighted by Crippen LogP contribution is 2.29. The molecule has 1 heterocycles. The molecule has 1 unspecified atom stereocenters. The van der Waals surface area contributed by atoms with Crippen LogP contribution in [-0.4, -0.2) is 18.4 Å². The lowest BCUT2D eigenvalue weighted by Gasteiger charge is -2.26. The third-order valence-electron chi connectivity index (χ3n) is 3.91. The summed E-state index contributed by atoms with van der Waals surface area (Å²) in [7, 11) is 0. The maximum atomic E-state index is 12.1. The van der Waals surface area contributed by atoms with Crippen LogP contribution in [-0.2, 0) is 11.2 Å². The number of hydrogen-bond acceptors (Lipinski definition) is 3. The van der Waals surface area contributed by atoms with E-state index in [1.807, 2.05) is 12.1 Å². The summed E-state index contributed by atoms with van der Waals surface area (Å²) in [6.45, 7) is -0.0736. The fourth-order valence-corrected chi connectivity index (χ4v) is 3.14. The zero-order valence-electron chi connectivity index (χ0n) is 12.5. The molecule has 0 aliphatic heterocycles. The number of aryl methyl sites for hydroxylation is 1. The van der Waals surface area contributed by atoms with Crippen molar-refractivity contribution >= 4 is 27.7 Å². The number of hydrogen-bond donors (Lipinski definition) is 2. The van der Waals surface area contributed by atoms with Gasteiger partial charge in [-0.2, -0.15) is 0 Å². The van der Waals surface area contributed by atoms with Crippen molar-refractivity contribution in [3.8, 4) is 0 Å². The average molecular weight is 377 g/mol. The third kappa shape index (κ3) is 3.82. The molecule has 0 radical (unpaired) electrons. The second kappa shape index (κ2) is 7.00. The van der Waals surface area contributed by atoms with Crippen molar-refractivity contribution in [2.75, 3.05) is 6.54 Å². The van der Waals surface area contributed by atoms with Crippen LogP contribution in [0.4, 0.5) is 0 Å². The largest absolute Gasteiger partial charge is 0.444 e. The number of carbonyl (C=O) groups excluding carboxylic acids is 2. The Kier molecular flexibility index (Phi) is 4.81. The van der Waals surface area contributed by atoms with Gasteiger partial charge in [-0.05, 0) is 58.5 Å². The third-order valence-corrected chi connectivity index (χ3v) is 4.34. The van der Waals surface area contributed by atoms with Crippen molar-refractivity contribution in [2.24, 2.45) is 0 Å². The first-order valence-electron chi connectivity index (χ1n) is 7.54. The maximum absolute atomic E-state index is 12.1. The van der Waals surface area contributed by atoms with Crippen LogP contribution in [0.15, 0.2) is 45.5 Å². The van der Waals surface area contributed by atoms with Crippen molar-refractivity contribution in [3.05, 3.63) is 58.0 Å². The number of rotatable bonds is 4. The fraction of sp³-hybridized carbons (Fsp3) is 0.294. The lowest BCUT2D eigenvalue weighted by Crippen LogP contribution is -2.39. The van der Waals surface area contributed by atoms with Gasteiger partial charge in [-0.15, -0.1) is 0 Å². The summed E-state index contributed by atoms with van der Waals surface area (Å²) in [5, 5.41) is 5.55. The van der Waals surface area contributed by atoms with E-state index in [1.165, 1.54) is 11.1 Å². The highest BCUT2D eigenvalue weighted by molar-refractivity contribution is 9.10. The van der Waals surface area contributed by atoms with Gasteiger partial charge in [0.1, 0.15) is 0 Å². The van der Waals surface area contributed by atoms with Gasteiger partial charge in [0.15, 0.2) is 10.4 Å². The minimum atomic E-state index is -0.408. The maximum Gasteiger partial charge on any atom is 0.287 e.